The molecule has 2 amide bonds. The Morgan fingerprint density at radius 2 is 1.97 bits per heavy atom. The molecule has 8 heteroatoms. The number of benzene rings is 2. The van der Waals surface area contributed by atoms with Crippen molar-refractivity contribution < 1.29 is 14.0 Å². The van der Waals surface area contributed by atoms with Crippen molar-refractivity contribution in [2.24, 2.45) is 5.92 Å². The van der Waals surface area contributed by atoms with Crippen LogP contribution in [-0.2, 0) is 11.3 Å². The summed E-state index contributed by atoms with van der Waals surface area (Å²) in [6.07, 6.45) is 4.72. The molecule has 3 aromatic rings. The van der Waals surface area contributed by atoms with Gasteiger partial charge in [0.05, 0.1) is 22.6 Å². The van der Waals surface area contributed by atoms with E-state index in [9.17, 15) is 14.0 Å². The molecule has 0 unspecified atom stereocenters. The number of carbonyl (C=O) groups is 2. The van der Waals surface area contributed by atoms with Gasteiger partial charge in [-0.3, -0.25) is 9.59 Å². The van der Waals surface area contributed by atoms with Crippen LogP contribution in [-0.4, -0.2) is 27.4 Å². The monoisotopic (exact) mass is 428 g/mol. The molecule has 2 aromatic carbocycles. The summed E-state index contributed by atoms with van der Waals surface area (Å²) in [6.45, 7) is 3.79. The maximum Gasteiger partial charge on any atom is 0.253 e. The molecule has 3 rings (SSSR count). The molecular formula is C22H22ClFN4O2. The second-order valence-corrected chi connectivity index (χ2v) is 7.56. The van der Waals surface area contributed by atoms with Crippen molar-refractivity contribution in [1.29, 1.82) is 0 Å². The molecule has 0 bridgehead atoms. The minimum absolute atomic E-state index is 0.130. The number of rotatable bonds is 7. The third kappa shape index (κ3) is 5.04. The van der Waals surface area contributed by atoms with E-state index in [0.29, 0.717) is 21.8 Å². The maximum absolute atomic E-state index is 14.4. The average molecular weight is 429 g/mol. The fraction of sp³-hybridized carbons (Fsp3) is 0.227. The van der Waals surface area contributed by atoms with E-state index in [1.165, 1.54) is 12.4 Å². The average Bonchev–Trinajstić information content (AvgIpc) is 3.24. The molecule has 6 nitrogen and oxygen atoms in total. The zero-order chi connectivity index (χ0) is 21.7. The molecule has 0 aliphatic rings. The third-order valence-electron chi connectivity index (χ3n) is 4.62. The summed E-state index contributed by atoms with van der Waals surface area (Å²) in [7, 11) is 0. The van der Waals surface area contributed by atoms with Crippen LogP contribution in [0.5, 0.6) is 0 Å². The minimum atomic E-state index is -0.760. The molecular weight excluding hydrogens is 407 g/mol. The molecule has 30 heavy (non-hydrogen) atoms. The van der Waals surface area contributed by atoms with Gasteiger partial charge in [-0.2, -0.15) is 0 Å². The Balaban J connectivity index is 1.65. The highest BCUT2D eigenvalue weighted by Crippen LogP contribution is 2.17. The normalized spacial score (nSPS) is 11.9. The van der Waals surface area contributed by atoms with Gasteiger partial charge >= 0.3 is 0 Å². The predicted molar refractivity (Wildman–Crippen MR) is 113 cm³/mol. The van der Waals surface area contributed by atoms with Crippen LogP contribution in [0.2, 0.25) is 5.02 Å². The first kappa shape index (κ1) is 21.5. The largest absolute Gasteiger partial charge is 0.350 e. The Morgan fingerprint density at radius 1 is 1.20 bits per heavy atom. The molecule has 0 fully saturated rings. The van der Waals surface area contributed by atoms with E-state index < -0.39 is 17.8 Å². The number of amides is 2. The second-order valence-electron chi connectivity index (χ2n) is 7.15. The Kier molecular flexibility index (Phi) is 6.84. The predicted octanol–water partition coefficient (Wildman–Crippen LogP) is 3.74. The van der Waals surface area contributed by atoms with Crippen molar-refractivity contribution >= 4 is 23.4 Å². The van der Waals surface area contributed by atoms with Gasteiger partial charge in [-0.05, 0) is 35.7 Å². The van der Waals surface area contributed by atoms with Gasteiger partial charge in [0, 0.05) is 18.9 Å². The summed E-state index contributed by atoms with van der Waals surface area (Å²) in [4.78, 5) is 29.1. The molecule has 156 valence electrons. The number of hydrogen-bond donors (Lipinski definition) is 2. The fourth-order valence-corrected chi connectivity index (χ4v) is 3.19. The van der Waals surface area contributed by atoms with E-state index >= 15 is 0 Å². The van der Waals surface area contributed by atoms with Crippen molar-refractivity contribution in [1.82, 2.24) is 20.2 Å². The van der Waals surface area contributed by atoms with E-state index in [0.717, 1.165) is 0 Å². The summed E-state index contributed by atoms with van der Waals surface area (Å²) in [5.41, 5.74) is 1.27. The van der Waals surface area contributed by atoms with Crippen molar-refractivity contribution in [2.75, 3.05) is 0 Å². The molecule has 2 N–H and O–H groups in total. The Labute approximate surface area is 179 Å². The first-order chi connectivity index (χ1) is 14.4. The van der Waals surface area contributed by atoms with E-state index in [1.54, 1.807) is 53.4 Å². The summed E-state index contributed by atoms with van der Waals surface area (Å²) in [5, 5.41) is 5.80. The Hall–Kier alpha value is -3.19. The standard InChI is InChI=1S/C22H22ClFN4O2/c1-14(2)20(27-21(29)16-5-3-4-6-17(16)23)22(30)26-12-15-7-8-19(18(24)11-15)28-10-9-25-13-28/h3-11,13-14,20H,12H2,1-2H3,(H,26,30)(H,27,29)/t20-/m0/s1. The van der Waals surface area contributed by atoms with Crippen molar-refractivity contribution in [3.63, 3.8) is 0 Å². The lowest BCUT2D eigenvalue weighted by Crippen LogP contribution is -2.49. The molecule has 0 spiro atoms. The number of nitrogens with zero attached hydrogens (tertiary/aromatic N) is 2. The lowest BCUT2D eigenvalue weighted by atomic mass is 10.0. The van der Waals surface area contributed by atoms with Crippen LogP contribution in [0.4, 0.5) is 4.39 Å². The summed E-state index contributed by atoms with van der Waals surface area (Å²) < 4.78 is 16.0. The second kappa shape index (κ2) is 9.54. The third-order valence-corrected chi connectivity index (χ3v) is 4.95. The fourth-order valence-electron chi connectivity index (χ4n) is 2.97. The van der Waals surface area contributed by atoms with Gasteiger partial charge < -0.3 is 15.2 Å². The summed E-state index contributed by atoms with van der Waals surface area (Å²) in [6, 6.07) is 10.6. The Morgan fingerprint density at radius 3 is 2.60 bits per heavy atom. The van der Waals surface area contributed by atoms with Gasteiger partial charge in [0.15, 0.2) is 0 Å². The highest BCUT2D eigenvalue weighted by Gasteiger charge is 2.25. The lowest BCUT2D eigenvalue weighted by Gasteiger charge is -2.22. The molecule has 0 radical (unpaired) electrons. The number of nitrogens with one attached hydrogen (secondary N) is 2. The van der Waals surface area contributed by atoms with Gasteiger partial charge in [0.25, 0.3) is 5.91 Å². The number of halogens is 2. The lowest BCUT2D eigenvalue weighted by molar-refractivity contribution is -0.124. The van der Waals surface area contributed by atoms with E-state index in [1.807, 2.05) is 13.8 Å². The van der Waals surface area contributed by atoms with E-state index in [2.05, 4.69) is 15.6 Å². The summed E-state index contributed by atoms with van der Waals surface area (Å²) >= 11 is 6.06. The smallest absolute Gasteiger partial charge is 0.253 e. The quantitative estimate of drug-likeness (QED) is 0.602. The molecule has 0 saturated heterocycles. The van der Waals surface area contributed by atoms with Gasteiger partial charge in [-0.25, -0.2) is 9.37 Å². The minimum Gasteiger partial charge on any atom is -0.350 e. The molecule has 1 heterocycles. The van der Waals surface area contributed by atoms with Gasteiger partial charge in [0.2, 0.25) is 5.91 Å². The highest BCUT2D eigenvalue weighted by molar-refractivity contribution is 6.33. The van der Waals surface area contributed by atoms with Crippen molar-refractivity contribution in [3.8, 4) is 5.69 Å². The molecule has 1 aromatic heterocycles. The van der Waals surface area contributed by atoms with Crippen LogP contribution >= 0.6 is 11.6 Å². The van der Waals surface area contributed by atoms with Crippen molar-refractivity contribution in [3.05, 3.63) is 83.2 Å². The first-order valence-corrected chi connectivity index (χ1v) is 9.84. The van der Waals surface area contributed by atoms with Crippen LogP contribution in [0.15, 0.2) is 61.2 Å². The van der Waals surface area contributed by atoms with Crippen molar-refractivity contribution in [2.45, 2.75) is 26.4 Å². The SMILES string of the molecule is CC(C)[C@H](NC(=O)c1ccccc1Cl)C(=O)NCc1ccc(-n2ccnc2)c(F)c1. The Bertz CT molecular complexity index is 1040. The molecule has 0 saturated carbocycles. The van der Waals surface area contributed by atoms with Crippen LogP contribution < -0.4 is 10.6 Å². The van der Waals surface area contributed by atoms with Gasteiger partial charge in [-0.1, -0.05) is 43.6 Å². The zero-order valence-electron chi connectivity index (χ0n) is 16.6. The highest BCUT2D eigenvalue weighted by atomic mass is 35.5. The van der Waals surface area contributed by atoms with Gasteiger partial charge in [0.1, 0.15) is 11.9 Å². The maximum atomic E-state index is 14.4. The number of aromatic nitrogens is 2. The molecule has 0 aliphatic heterocycles. The van der Waals surface area contributed by atoms with Gasteiger partial charge in [-0.15, -0.1) is 0 Å². The van der Waals surface area contributed by atoms with E-state index in [-0.39, 0.29) is 18.4 Å². The first-order valence-electron chi connectivity index (χ1n) is 9.46. The van der Waals surface area contributed by atoms with Crippen LogP contribution in [0.1, 0.15) is 29.8 Å². The van der Waals surface area contributed by atoms with Crippen LogP contribution in [0.3, 0.4) is 0 Å². The molecule has 0 aliphatic carbocycles. The zero-order valence-corrected chi connectivity index (χ0v) is 17.4. The summed E-state index contributed by atoms with van der Waals surface area (Å²) in [5.74, 6) is -1.36. The molecule has 1 atom stereocenters. The van der Waals surface area contributed by atoms with Crippen LogP contribution in [0, 0.1) is 11.7 Å². The topological polar surface area (TPSA) is 76.0 Å². The van der Waals surface area contributed by atoms with E-state index in [4.69, 9.17) is 11.6 Å². The number of hydrogen-bond acceptors (Lipinski definition) is 3. The van der Waals surface area contributed by atoms with Crippen LogP contribution in [0.25, 0.3) is 5.69 Å². The number of imidazole rings is 1. The number of carbonyl (C=O) groups excluding carboxylic acids is 2.